The van der Waals surface area contributed by atoms with Crippen LogP contribution < -0.4 is 5.43 Å². The first-order valence-electron chi connectivity index (χ1n) is 5.56. The van der Waals surface area contributed by atoms with Gasteiger partial charge in [-0.15, -0.1) is 0 Å². The number of hydrogen-bond acceptors (Lipinski definition) is 5. The fraction of sp³-hybridized carbons (Fsp3) is 0.308. The van der Waals surface area contributed by atoms with Crippen LogP contribution in [0.15, 0.2) is 21.3 Å². The lowest BCUT2D eigenvalue weighted by Gasteiger charge is -2.08. The van der Waals surface area contributed by atoms with E-state index in [1.165, 1.54) is 12.1 Å². The van der Waals surface area contributed by atoms with E-state index in [9.17, 15) is 20.1 Å². The zero-order chi connectivity index (χ0) is 13.4. The molecule has 1 atom stereocenters. The lowest BCUT2D eigenvalue weighted by Crippen LogP contribution is -2.09. The van der Waals surface area contributed by atoms with Crippen LogP contribution in [0.2, 0.25) is 0 Å². The van der Waals surface area contributed by atoms with Crippen LogP contribution in [0.25, 0.3) is 11.0 Å². The van der Waals surface area contributed by atoms with Crippen LogP contribution in [0, 0.1) is 6.92 Å². The van der Waals surface area contributed by atoms with Crippen LogP contribution in [-0.2, 0) is 6.42 Å². The van der Waals surface area contributed by atoms with Gasteiger partial charge in [-0.05, 0) is 25.5 Å². The minimum absolute atomic E-state index is 0.0457. The monoisotopic (exact) mass is 250 g/mol. The summed E-state index contributed by atoms with van der Waals surface area (Å²) in [6.07, 6.45) is -0.495. The summed E-state index contributed by atoms with van der Waals surface area (Å²) in [6, 6.07) is 2.60. The molecule has 0 aliphatic heterocycles. The Balaban J connectivity index is 2.79. The van der Waals surface area contributed by atoms with E-state index >= 15 is 0 Å². The van der Waals surface area contributed by atoms with Gasteiger partial charge in [0.05, 0.1) is 11.5 Å². The molecule has 18 heavy (non-hydrogen) atoms. The molecule has 5 nitrogen and oxygen atoms in total. The van der Waals surface area contributed by atoms with Gasteiger partial charge >= 0.3 is 0 Å². The maximum Gasteiger partial charge on any atom is 0.201 e. The molecule has 3 N–H and O–H groups in total. The third-order valence-corrected chi connectivity index (χ3v) is 2.70. The van der Waals surface area contributed by atoms with Gasteiger partial charge in [0.1, 0.15) is 5.76 Å². The first kappa shape index (κ1) is 12.4. The van der Waals surface area contributed by atoms with Crippen LogP contribution in [0.3, 0.4) is 0 Å². The van der Waals surface area contributed by atoms with Gasteiger partial charge < -0.3 is 19.7 Å². The van der Waals surface area contributed by atoms with Crippen molar-refractivity contribution in [3.05, 3.63) is 33.7 Å². The predicted octanol–water partition coefficient (Wildman–Crippen LogP) is 1.44. The number of fused-ring (bicyclic) bond motifs is 1. The molecule has 0 unspecified atom stereocenters. The van der Waals surface area contributed by atoms with E-state index in [0.29, 0.717) is 5.56 Å². The average Bonchev–Trinajstić information content (AvgIpc) is 2.24. The van der Waals surface area contributed by atoms with Crippen molar-refractivity contribution < 1.29 is 19.7 Å². The van der Waals surface area contributed by atoms with Crippen LogP contribution >= 0.6 is 0 Å². The van der Waals surface area contributed by atoms with E-state index < -0.39 is 11.9 Å². The number of aliphatic hydroxyl groups is 1. The average molecular weight is 250 g/mol. The highest BCUT2D eigenvalue weighted by molar-refractivity contribution is 5.87. The second kappa shape index (κ2) is 4.34. The molecule has 0 aliphatic carbocycles. The summed E-state index contributed by atoms with van der Waals surface area (Å²) in [7, 11) is 0. The van der Waals surface area contributed by atoms with Crippen LogP contribution in [0.4, 0.5) is 0 Å². The molecule has 5 heteroatoms. The van der Waals surface area contributed by atoms with Crippen LogP contribution in [-0.4, -0.2) is 21.4 Å². The standard InChI is InChI=1S/C13H14O5/c1-6-3-10(16)12(17)13-11(6)9(15)5-8(18-13)4-7(2)14/h3,5,7,14,16-17H,4H2,1-2H3/t7-/m0/s1. The minimum Gasteiger partial charge on any atom is -0.504 e. The molecule has 0 saturated heterocycles. The van der Waals surface area contributed by atoms with Crippen molar-refractivity contribution in [2.45, 2.75) is 26.4 Å². The topological polar surface area (TPSA) is 90.9 Å². The van der Waals surface area contributed by atoms with Crippen molar-refractivity contribution in [3.63, 3.8) is 0 Å². The highest BCUT2D eigenvalue weighted by atomic mass is 16.4. The summed E-state index contributed by atoms with van der Waals surface area (Å²) in [4.78, 5) is 11.9. The van der Waals surface area contributed by atoms with E-state index in [2.05, 4.69) is 0 Å². The second-order valence-corrected chi connectivity index (χ2v) is 4.40. The summed E-state index contributed by atoms with van der Waals surface area (Å²) in [6.45, 7) is 3.21. The Labute approximate surface area is 103 Å². The third kappa shape index (κ3) is 2.04. The van der Waals surface area contributed by atoms with Crippen molar-refractivity contribution >= 4 is 11.0 Å². The Morgan fingerprint density at radius 2 is 2.00 bits per heavy atom. The molecule has 0 saturated carbocycles. The quantitative estimate of drug-likeness (QED) is 0.701. The number of aromatic hydroxyl groups is 2. The molecular formula is C13H14O5. The first-order chi connectivity index (χ1) is 8.40. The van der Waals surface area contributed by atoms with Crippen molar-refractivity contribution in [3.8, 4) is 11.5 Å². The highest BCUT2D eigenvalue weighted by Crippen LogP contribution is 2.34. The fourth-order valence-corrected chi connectivity index (χ4v) is 1.94. The Hall–Kier alpha value is -2.01. The van der Waals surface area contributed by atoms with Crippen LogP contribution in [0.5, 0.6) is 11.5 Å². The molecule has 2 aromatic rings. The Morgan fingerprint density at radius 3 is 2.61 bits per heavy atom. The molecular weight excluding hydrogens is 236 g/mol. The van der Waals surface area contributed by atoms with E-state index in [1.54, 1.807) is 13.8 Å². The zero-order valence-corrected chi connectivity index (χ0v) is 10.1. The summed E-state index contributed by atoms with van der Waals surface area (Å²) in [5, 5.41) is 28.7. The molecule has 0 amide bonds. The molecule has 0 aliphatic rings. The van der Waals surface area contributed by atoms with E-state index in [4.69, 9.17) is 4.42 Å². The maximum atomic E-state index is 11.9. The Bertz CT molecular complexity index is 654. The summed E-state index contributed by atoms with van der Waals surface area (Å²) < 4.78 is 5.38. The summed E-state index contributed by atoms with van der Waals surface area (Å²) in [5.74, 6) is -0.528. The number of phenolic OH excluding ortho intramolecular Hbond substituents is 2. The molecule has 1 aromatic carbocycles. The van der Waals surface area contributed by atoms with Gasteiger partial charge in [-0.1, -0.05) is 0 Å². The minimum atomic E-state index is -0.661. The number of hydrogen-bond donors (Lipinski definition) is 3. The van der Waals surface area contributed by atoms with Crippen molar-refractivity contribution in [1.29, 1.82) is 0 Å². The number of benzene rings is 1. The van der Waals surface area contributed by atoms with E-state index in [1.807, 2.05) is 0 Å². The molecule has 96 valence electrons. The summed E-state index contributed by atoms with van der Waals surface area (Å²) >= 11 is 0. The van der Waals surface area contributed by atoms with Gasteiger partial charge in [0.15, 0.2) is 16.8 Å². The van der Waals surface area contributed by atoms with Gasteiger partial charge in [0.2, 0.25) is 5.75 Å². The zero-order valence-electron chi connectivity index (χ0n) is 10.1. The number of phenols is 2. The van der Waals surface area contributed by atoms with E-state index in [-0.39, 0.29) is 34.3 Å². The van der Waals surface area contributed by atoms with E-state index in [0.717, 1.165) is 0 Å². The van der Waals surface area contributed by atoms with Crippen molar-refractivity contribution in [2.75, 3.05) is 0 Å². The van der Waals surface area contributed by atoms with Gasteiger partial charge in [-0.25, -0.2) is 0 Å². The maximum absolute atomic E-state index is 11.9. The van der Waals surface area contributed by atoms with Gasteiger partial charge in [-0.3, -0.25) is 4.79 Å². The number of rotatable bonds is 2. The molecule has 1 aromatic heterocycles. The van der Waals surface area contributed by atoms with Gasteiger partial charge in [0, 0.05) is 12.5 Å². The largest absolute Gasteiger partial charge is 0.504 e. The summed E-state index contributed by atoms with van der Waals surface area (Å²) in [5.41, 5.74) is 0.174. The normalized spacial score (nSPS) is 12.8. The van der Waals surface area contributed by atoms with Crippen molar-refractivity contribution in [1.82, 2.24) is 0 Å². The number of aryl methyl sites for hydroxylation is 1. The molecule has 0 radical (unpaired) electrons. The Morgan fingerprint density at radius 1 is 1.33 bits per heavy atom. The second-order valence-electron chi connectivity index (χ2n) is 4.40. The van der Waals surface area contributed by atoms with Crippen molar-refractivity contribution in [2.24, 2.45) is 0 Å². The first-order valence-corrected chi connectivity index (χ1v) is 5.56. The fourth-order valence-electron chi connectivity index (χ4n) is 1.94. The van der Waals surface area contributed by atoms with Gasteiger partial charge in [-0.2, -0.15) is 0 Å². The molecule has 0 fully saturated rings. The molecule has 1 heterocycles. The highest BCUT2D eigenvalue weighted by Gasteiger charge is 2.15. The number of aliphatic hydroxyl groups excluding tert-OH is 1. The lowest BCUT2D eigenvalue weighted by molar-refractivity contribution is 0.187. The molecule has 0 spiro atoms. The molecule has 2 rings (SSSR count). The van der Waals surface area contributed by atoms with Crippen LogP contribution in [0.1, 0.15) is 18.2 Å². The third-order valence-electron chi connectivity index (χ3n) is 2.70. The lowest BCUT2D eigenvalue weighted by atomic mass is 10.1. The van der Waals surface area contributed by atoms with Gasteiger partial charge in [0.25, 0.3) is 0 Å². The SMILES string of the molecule is Cc1cc(O)c(O)c2oc(C[C@H](C)O)cc(=O)c12. The molecule has 0 bridgehead atoms. The Kier molecular flexibility index (Phi) is 3.00. The predicted molar refractivity (Wildman–Crippen MR) is 65.9 cm³/mol. The smallest absolute Gasteiger partial charge is 0.201 e.